The van der Waals surface area contributed by atoms with Crippen LogP contribution in [-0.4, -0.2) is 52.4 Å². The third-order valence-electron chi connectivity index (χ3n) is 7.07. The second kappa shape index (κ2) is 8.96. The van der Waals surface area contributed by atoms with Crippen molar-refractivity contribution >= 4 is 32.8 Å². The number of aliphatic hydroxyl groups excluding tert-OH is 1. The molecule has 0 amide bonds. The monoisotopic (exact) mass is 468 g/mol. The minimum absolute atomic E-state index is 0.196. The van der Waals surface area contributed by atoms with E-state index in [1.165, 1.54) is 0 Å². The molecule has 0 spiro atoms. The molecule has 3 heterocycles. The van der Waals surface area contributed by atoms with Crippen LogP contribution in [0.25, 0.3) is 32.8 Å². The van der Waals surface area contributed by atoms with Gasteiger partial charge in [0.05, 0.1) is 11.1 Å². The first kappa shape index (κ1) is 22.0. The number of hydrogen-bond donors (Lipinski definition) is 2. The van der Waals surface area contributed by atoms with Gasteiger partial charge in [-0.05, 0) is 43.2 Å². The number of β-amino-alcohol motifs (C(OH)–C–C–N with tert-alkyl or cyclic N) is 1. The molecule has 0 unspecified atom stereocenters. The van der Waals surface area contributed by atoms with E-state index in [4.69, 9.17) is 9.15 Å². The number of piperidine rings is 1. The van der Waals surface area contributed by atoms with Crippen molar-refractivity contribution in [3.63, 3.8) is 0 Å². The lowest BCUT2D eigenvalue weighted by Gasteiger charge is -2.39. The van der Waals surface area contributed by atoms with Crippen molar-refractivity contribution in [2.45, 2.75) is 24.5 Å². The molecule has 1 atom stereocenters. The predicted octanol–water partition coefficient (Wildman–Crippen LogP) is 4.86. The molecule has 6 rings (SSSR count). The van der Waals surface area contributed by atoms with Gasteiger partial charge in [-0.1, -0.05) is 36.4 Å². The van der Waals surface area contributed by atoms with Crippen molar-refractivity contribution in [2.24, 2.45) is 0 Å². The van der Waals surface area contributed by atoms with Gasteiger partial charge in [0.1, 0.15) is 29.6 Å². The number of ether oxygens (including phenoxy) is 1. The van der Waals surface area contributed by atoms with E-state index in [-0.39, 0.29) is 6.61 Å². The second-order valence-corrected chi connectivity index (χ2v) is 9.47. The number of benzene rings is 3. The summed E-state index contributed by atoms with van der Waals surface area (Å²) in [5, 5.41) is 25.0. The third kappa shape index (κ3) is 4.36. The van der Waals surface area contributed by atoms with Crippen molar-refractivity contribution in [3.05, 3.63) is 84.6 Å². The molecule has 2 N–H and O–H groups in total. The van der Waals surface area contributed by atoms with Crippen LogP contribution in [0.3, 0.4) is 0 Å². The van der Waals surface area contributed by atoms with E-state index in [0.29, 0.717) is 38.2 Å². The Morgan fingerprint density at radius 2 is 1.71 bits per heavy atom. The van der Waals surface area contributed by atoms with Gasteiger partial charge in [-0.25, -0.2) is 0 Å². The van der Waals surface area contributed by atoms with Crippen LogP contribution in [0.2, 0.25) is 0 Å². The quantitative estimate of drug-likeness (QED) is 0.371. The van der Waals surface area contributed by atoms with Gasteiger partial charge in [0, 0.05) is 53.6 Å². The highest BCUT2D eigenvalue weighted by Gasteiger charge is 2.35. The standard InChI is InChI=1S/C29H28N2O4/c32-22(19-34-23-9-10-25-24-6-2-4-8-27(24)35-28(25)16-23)18-31-13-11-29(33,12-14-31)21-15-20-5-1-3-7-26(20)30-17-21/h1-10,15-17,22,32-33H,11-14,18-19H2/t22-/m0/s1. The van der Waals surface area contributed by atoms with Crippen LogP contribution in [0.1, 0.15) is 18.4 Å². The molecule has 1 aliphatic heterocycles. The fraction of sp³-hybridized carbons (Fsp3) is 0.276. The Labute approximate surface area is 203 Å². The summed E-state index contributed by atoms with van der Waals surface area (Å²) in [4.78, 5) is 6.70. The van der Waals surface area contributed by atoms with E-state index in [1.54, 1.807) is 6.20 Å². The van der Waals surface area contributed by atoms with Crippen LogP contribution in [0.5, 0.6) is 5.75 Å². The maximum atomic E-state index is 11.3. The molecule has 1 aliphatic rings. The lowest BCUT2D eigenvalue weighted by molar-refractivity contribution is -0.0373. The Bertz CT molecular complexity index is 1490. The normalized spacial score (nSPS) is 17.2. The molecule has 178 valence electrons. The zero-order valence-electron chi connectivity index (χ0n) is 19.4. The molecular formula is C29H28N2O4. The number of fused-ring (bicyclic) bond motifs is 4. The SMILES string of the molecule is O[C@H](COc1ccc2c(c1)oc1ccccc12)CN1CCC(O)(c2cnc3ccccc3c2)CC1. The van der Waals surface area contributed by atoms with Crippen molar-refractivity contribution in [1.82, 2.24) is 9.88 Å². The molecule has 1 fully saturated rings. The van der Waals surface area contributed by atoms with Gasteiger partial charge >= 0.3 is 0 Å². The zero-order chi connectivity index (χ0) is 23.8. The first-order valence-corrected chi connectivity index (χ1v) is 12.1. The van der Waals surface area contributed by atoms with Crippen molar-refractivity contribution < 1.29 is 19.4 Å². The van der Waals surface area contributed by atoms with E-state index in [0.717, 1.165) is 38.4 Å². The van der Waals surface area contributed by atoms with E-state index in [2.05, 4.69) is 9.88 Å². The molecule has 5 aromatic rings. The van der Waals surface area contributed by atoms with Gasteiger partial charge in [0.25, 0.3) is 0 Å². The fourth-order valence-electron chi connectivity index (χ4n) is 5.06. The summed E-state index contributed by atoms with van der Waals surface area (Å²) in [5.41, 5.74) is 2.53. The highest BCUT2D eigenvalue weighted by Crippen LogP contribution is 2.34. The third-order valence-corrected chi connectivity index (χ3v) is 7.07. The summed E-state index contributed by atoms with van der Waals surface area (Å²) in [7, 11) is 0. The lowest BCUT2D eigenvalue weighted by Crippen LogP contribution is -2.46. The summed E-state index contributed by atoms with van der Waals surface area (Å²) in [6.45, 7) is 2.09. The number of aromatic nitrogens is 1. The summed E-state index contributed by atoms with van der Waals surface area (Å²) < 4.78 is 11.8. The Morgan fingerprint density at radius 3 is 2.60 bits per heavy atom. The molecule has 0 aliphatic carbocycles. The predicted molar refractivity (Wildman–Crippen MR) is 137 cm³/mol. The largest absolute Gasteiger partial charge is 0.491 e. The van der Waals surface area contributed by atoms with E-state index in [1.807, 2.05) is 72.8 Å². The molecule has 0 bridgehead atoms. The molecule has 1 saturated heterocycles. The van der Waals surface area contributed by atoms with Gasteiger partial charge in [0.2, 0.25) is 0 Å². The molecule has 0 radical (unpaired) electrons. The Balaban J connectivity index is 1.04. The number of pyridine rings is 1. The molecule has 0 saturated carbocycles. The van der Waals surface area contributed by atoms with Crippen LogP contribution < -0.4 is 4.74 Å². The lowest BCUT2D eigenvalue weighted by atomic mass is 9.84. The van der Waals surface area contributed by atoms with E-state index in [9.17, 15) is 10.2 Å². The maximum absolute atomic E-state index is 11.3. The smallest absolute Gasteiger partial charge is 0.139 e. The maximum Gasteiger partial charge on any atom is 0.139 e. The first-order valence-electron chi connectivity index (χ1n) is 12.1. The fourth-order valence-corrected chi connectivity index (χ4v) is 5.06. The average molecular weight is 469 g/mol. The number of nitrogens with zero attached hydrogens (tertiary/aromatic N) is 2. The topological polar surface area (TPSA) is 79.0 Å². The van der Waals surface area contributed by atoms with Gasteiger partial charge < -0.3 is 24.3 Å². The number of para-hydroxylation sites is 2. The van der Waals surface area contributed by atoms with Gasteiger partial charge in [0.15, 0.2) is 0 Å². The van der Waals surface area contributed by atoms with Crippen LogP contribution >= 0.6 is 0 Å². The van der Waals surface area contributed by atoms with E-state index >= 15 is 0 Å². The minimum atomic E-state index is -0.892. The van der Waals surface area contributed by atoms with E-state index < -0.39 is 11.7 Å². The number of likely N-dealkylation sites (tertiary alicyclic amines) is 1. The molecule has 35 heavy (non-hydrogen) atoms. The Hall–Kier alpha value is -3.45. The van der Waals surface area contributed by atoms with Crippen molar-refractivity contribution in [2.75, 3.05) is 26.2 Å². The van der Waals surface area contributed by atoms with Crippen LogP contribution in [0, 0.1) is 0 Å². The molecule has 6 heteroatoms. The summed E-state index contributed by atoms with van der Waals surface area (Å²) in [6, 6.07) is 23.7. The Kier molecular flexibility index (Phi) is 5.65. The summed E-state index contributed by atoms with van der Waals surface area (Å²) >= 11 is 0. The summed E-state index contributed by atoms with van der Waals surface area (Å²) in [6.07, 6.45) is 2.36. The number of aliphatic hydroxyl groups is 2. The number of furan rings is 1. The highest BCUT2D eigenvalue weighted by atomic mass is 16.5. The molecule has 6 nitrogen and oxygen atoms in total. The van der Waals surface area contributed by atoms with Gasteiger partial charge in [-0.2, -0.15) is 0 Å². The first-order chi connectivity index (χ1) is 17.1. The zero-order valence-corrected chi connectivity index (χ0v) is 19.4. The van der Waals surface area contributed by atoms with Crippen LogP contribution in [0.15, 0.2) is 83.4 Å². The van der Waals surface area contributed by atoms with Crippen LogP contribution in [0.4, 0.5) is 0 Å². The van der Waals surface area contributed by atoms with Crippen molar-refractivity contribution in [3.8, 4) is 5.75 Å². The molecule has 3 aromatic carbocycles. The highest BCUT2D eigenvalue weighted by molar-refractivity contribution is 6.05. The van der Waals surface area contributed by atoms with Crippen LogP contribution in [-0.2, 0) is 5.60 Å². The Morgan fingerprint density at radius 1 is 0.943 bits per heavy atom. The van der Waals surface area contributed by atoms with Gasteiger partial charge in [-0.3, -0.25) is 4.98 Å². The average Bonchev–Trinajstić information content (AvgIpc) is 3.26. The van der Waals surface area contributed by atoms with Crippen molar-refractivity contribution in [1.29, 1.82) is 0 Å². The minimum Gasteiger partial charge on any atom is -0.491 e. The number of hydrogen-bond acceptors (Lipinski definition) is 6. The molecule has 2 aromatic heterocycles. The van der Waals surface area contributed by atoms with Gasteiger partial charge in [-0.15, -0.1) is 0 Å². The summed E-state index contributed by atoms with van der Waals surface area (Å²) in [5.74, 6) is 0.674. The second-order valence-electron chi connectivity index (χ2n) is 9.47. The number of rotatable bonds is 6. The molecular weight excluding hydrogens is 440 g/mol.